The largest absolute Gasteiger partial charge is 0.396 e. The number of sulfonamides is 1. The van der Waals surface area contributed by atoms with Crippen LogP contribution in [-0.2, 0) is 10.0 Å². The van der Waals surface area contributed by atoms with Gasteiger partial charge in [-0.2, -0.15) is 4.31 Å². The van der Waals surface area contributed by atoms with Crippen LogP contribution in [0.4, 0.5) is 0 Å². The molecule has 0 aromatic heterocycles. The third-order valence-electron chi connectivity index (χ3n) is 3.68. The second kappa shape index (κ2) is 7.40. The molecule has 4 nitrogen and oxygen atoms in total. The van der Waals surface area contributed by atoms with Crippen molar-refractivity contribution in [1.29, 1.82) is 0 Å². The average Bonchev–Trinajstić information content (AvgIpc) is 2.47. The second-order valence-corrected chi connectivity index (χ2v) is 7.53. The van der Waals surface area contributed by atoms with Gasteiger partial charge in [0.15, 0.2) is 0 Å². The van der Waals surface area contributed by atoms with E-state index in [1.165, 1.54) is 9.71 Å². The Kier molecular flexibility index (Phi) is 5.81. The van der Waals surface area contributed by atoms with Gasteiger partial charge in [-0.25, -0.2) is 8.42 Å². The Morgan fingerprint density at radius 3 is 2.71 bits per heavy atom. The predicted molar refractivity (Wildman–Crippen MR) is 85.4 cm³/mol. The van der Waals surface area contributed by atoms with E-state index in [4.69, 9.17) is 16.7 Å². The van der Waals surface area contributed by atoms with Crippen LogP contribution in [0.15, 0.2) is 29.7 Å². The van der Waals surface area contributed by atoms with Gasteiger partial charge in [-0.15, -0.1) is 0 Å². The first-order chi connectivity index (χ1) is 10.0. The summed E-state index contributed by atoms with van der Waals surface area (Å²) in [4.78, 5) is 0. The van der Waals surface area contributed by atoms with Crippen LogP contribution >= 0.6 is 11.6 Å². The van der Waals surface area contributed by atoms with Gasteiger partial charge < -0.3 is 5.11 Å². The van der Waals surface area contributed by atoms with Crippen molar-refractivity contribution in [2.24, 2.45) is 5.92 Å². The molecule has 0 aliphatic carbocycles. The van der Waals surface area contributed by atoms with Gasteiger partial charge in [0.2, 0.25) is 10.0 Å². The molecule has 1 fully saturated rings. The number of benzene rings is 1. The van der Waals surface area contributed by atoms with E-state index in [0.29, 0.717) is 24.5 Å². The molecule has 116 valence electrons. The fraction of sp³-hybridized carbons (Fsp3) is 0.467. The highest BCUT2D eigenvalue weighted by Gasteiger charge is 2.26. The highest BCUT2D eigenvalue weighted by Crippen LogP contribution is 2.22. The smallest absolute Gasteiger partial charge is 0.236 e. The Bertz CT molecular complexity index is 581. The van der Waals surface area contributed by atoms with Crippen LogP contribution in [-0.4, -0.2) is 37.5 Å². The van der Waals surface area contributed by atoms with Gasteiger partial charge in [-0.05, 0) is 49.0 Å². The Balaban J connectivity index is 2.05. The first-order valence-corrected chi connectivity index (χ1v) is 8.94. The molecule has 0 amide bonds. The Hall–Kier alpha value is -0.880. The third kappa shape index (κ3) is 4.81. The molecule has 1 heterocycles. The number of halogens is 1. The van der Waals surface area contributed by atoms with Crippen LogP contribution < -0.4 is 0 Å². The minimum atomic E-state index is -3.40. The summed E-state index contributed by atoms with van der Waals surface area (Å²) in [5.41, 5.74) is 0.798. The zero-order valence-corrected chi connectivity index (χ0v) is 13.4. The zero-order valence-electron chi connectivity index (χ0n) is 11.8. The van der Waals surface area contributed by atoms with Gasteiger partial charge in [-0.3, -0.25) is 0 Å². The normalized spacial score (nSPS) is 21.0. The number of hydrogen-bond acceptors (Lipinski definition) is 3. The molecule has 21 heavy (non-hydrogen) atoms. The molecule has 1 N–H and O–H groups in total. The van der Waals surface area contributed by atoms with Crippen LogP contribution in [0.25, 0.3) is 6.08 Å². The molecule has 0 radical (unpaired) electrons. The van der Waals surface area contributed by atoms with Crippen molar-refractivity contribution in [3.63, 3.8) is 0 Å². The number of nitrogens with zero attached hydrogens (tertiary/aromatic N) is 1. The summed E-state index contributed by atoms with van der Waals surface area (Å²) < 4.78 is 26.2. The highest BCUT2D eigenvalue weighted by molar-refractivity contribution is 7.92. The first kappa shape index (κ1) is 16.5. The van der Waals surface area contributed by atoms with E-state index in [1.54, 1.807) is 30.3 Å². The topological polar surface area (TPSA) is 57.6 Å². The van der Waals surface area contributed by atoms with E-state index in [-0.39, 0.29) is 12.5 Å². The van der Waals surface area contributed by atoms with E-state index >= 15 is 0 Å². The lowest BCUT2D eigenvalue weighted by atomic mass is 9.97. The van der Waals surface area contributed by atoms with E-state index in [1.807, 2.05) is 0 Å². The van der Waals surface area contributed by atoms with E-state index < -0.39 is 10.0 Å². The number of piperidine rings is 1. The summed E-state index contributed by atoms with van der Waals surface area (Å²) in [6, 6.07) is 7.01. The number of aliphatic hydroxyl groups is 1. The molecule has 1 aromatic carbocycles. The molecule has 1 aliphatic rings. The zero-order chi connectivity index (χ0) is 15.3. The monoisotopic (exact) mass is 329 g/mol. The molecule has 1 unspecified atom stereocenters. The molecule has 1 saturated heterocycles. The number of aliphatic hydroxyl groups excluding tert-OH is 1. The maximum Gasteiger partial charge on any atom is 0.236 e. The summed E-state index contributed by atoms with van der Waals surface area (Å²) in [6.45, 7) is 1.15. The lowest BCUT2D eigenvalue weighted by Gasteiger charge is -2.30. The molecule has 6 heteroatoms. The maximum atomic E-state index is 12.3. The molecular formula is C15H20ClNO3S. The Labute approximate surface area is 131 Å². The lowest BCUT2D eigenvalue weighted by molar-refractivity contribution is 0.203. The van der Waals surface area contributed by atoms with Crippen molar-refractivity contribution in [1.82, 2.24) is 4.31 Å². The average molecular weight is 330 g/mol. The quantitative estimate of drug-likeness (QED) is 0.903. The van der Waals surface area contributed by atoms with Gasteiger partial charge in [0.25, 0.3) is 0 Å². The minimum Gasteiger partial charge on any atom is -0.396 e. The Morgan fingerprint density at radius 1 is 1.33 bits per heavy atom. The molecular weight excluding hydrogens is 310 g/mol. The molecule has 1 aromatic rings. The lowest BCUT2D eigenvalue weighted by Crippen LogP contribution is -2.39. The summed E-state index contributed by atoms with van der Waals surface area (Å²) in [5, 5.41) is 10.9. The van der Waals surface area contributed by atoms with E-state index in [0.717, 1.165) is 18.4 Å². The van der Waals surface area contributed by atoms with Gasteiger partial charge in [0.1, 0.15) is 0 Å². The standard InChI is InChI=1S/C15H20ClNO3S/c16-15-5-3-13(4-6-15)8-11-21(19,20)17-9-1-2-14(12-17)7-10-18/h3-6,8,11,14,18H,1-2,7,9-10,12H2. The first-order valence-electron chi connectivity index (χ1n) is 7.06. The van der Waals surface area contributed by atoms with Crippen LogP contribution in [0.3, 0.4) is 0 Å². The molecule has 1 atom stereocenters. The SMILES string of the molecule is O=S(=O)(C=Cc1ccc(Cl)cc1)N1CCCC(CCO)C1. The fourth-order valence-electron chi connectivity index (χ4n) is 2.50. The third-order valence-corrected chi connectivity index (χ3v) is 5.46. The van der Waals surface area contributed by atoms with Crippen molar-refractivity contribution in [2.45, 2.75) is 19.3 Å². The van der Waals surface area contributed by atoms with Crippen molar-refractivity contribution in [2.75, 3.05) is 19.7 Å². The van der Waals surface area contributed by atoms with Crippen LogP contribution in [0.5, 0.6) is 0 Å². The second-order valence-electron chi connectivity index (χ2n) is 5.28. The van der Waals surface area contributed by atoms with Gasteiger partial charge in [-0.1, -0.05) is 23.7 Å². The van der Waals surface area contributed by atoms with E-state index in [9.17, 15) is 8.42 Å². The van der Waals surface area contributed by atoms with Gasteiger partial charge in [0.05, 0.1) is 0 Å². The summed E-state index contributed by atoms with van der Waals surface area (Å²) in [5.74, 6) is 0.252. The van der Waals surface area contributed by atoms with Crippen molar-refractivity contribution < 1.29 is 13.5 Å². The summed E-state index contributed by atoms with van der Waals surface area (Å²) >= 11 is 5.80. The summed E-state index contributed by atoms with van der Waals surface area (Å²) in [7, 11) is -3.40. The van der Waals surface area contributed by atoms with Crippen LogP contribution in [0.1, 0.15) is 24.8 Å². The van der Waals surface area contributed by atoms with Gasteiger partial charge in [0, 0.05) is 30.1 Å². The molecule has 0 saturated carbocycles. The van der Waals surface area contributed by atoms with Crippen molar-refractivity contribution >= 4 is 27.7 Å². The maximum absolute atomic E-state index is 12.3. The van der Waals surface area contributed by atoms with Crippen molar-refractivity contribution in [3.8, 4) is 0 Å². The number of rotatable bonds is 5. The minimum absolute atomic E-state index is 0.110. The molecule has 0 spiro atoms. The number of hydrogen-bond donors (Lipinski definition) is 1. The van der Waals surface area contributed by atoms with Crippen LogP contribution in [0, 0.1) is 5.92 Å². The summed E-state index contributed by atoms with van der Waals surface area (Å²) in [6.07, 6.45) is 4.07. The van der Waals surface area contributed by atoms with Crippen LogP contribution in [0.2, 0.25) is 5.02 Å². The molecule has 1 aliphatic heterocycles. The van der Waals surface area contributed by atoms with Crippen molar-refractivity contribution in [3.05, 3.63) is 40.3 Å². The highest BCUT2D eigenvalue weighted by atomic mass is 35.5. The molecule has 2 rings (SSSR count). The van der Waals surface area contributed by atoms with E-state index in [2.05, 4.69) is 0 Å². The van der Waals surface area contributed by atoms with Gasteiger partial charge >= 0.3 is 0 Å². The Morgan fingerprint density at radius 2 is 2.05 bits per heavy atom. The fourth-order valence-corrected chi connectivity index (χ4v) is 3.93. The predicted octanol–water partition coefficient (Wildman–Crippen LogP) is 2.73. The molecule has 0 bridgehead atoms.